The summed E-state index contributed by atoms with van der Waals surface area (Å²) in [4.78, 5) is 14.9. The third-order valence-electron chi connectivity index (χ3n) is 3.29. The van der Waals surface area contributed by atoms with Crippen molar-refractivity contribution in [1.82, 2.24) is 4.98 Å². The third kappa shape index (κ3) is 2.64. The zero-order chi connectivity index (χ0) is 17.3. The molecule has 3 aromatic rings. The van der Waals surface area contributed by atoms with Crippen LogP contribution in [0.15, 0.2) is 42.5 Å². The summed E-state index contributed by atoms with van der Waals surface area (Å²) in [5, 5.41) is 39.9. The van der Waals surface area contributed by atoms with Gasteiger partial charge in [0.25, 0.3) is 0 Å². The van der Waals surface area contributed by atoms with Crippen molar-refractivity contribution in [2.45, 2.75) is 0 Å². The van der Waals surface area contributed by atoms with Crippen LogP contribution in [0.5, 0.6) is 11.5 Å². The Hall–Kier alpha value is -3.44. The topological polar surface area (TPSA) is 120 Å². The summed E-state index contributed by atoms with van der Waals surface area (Å²) in [6.45, 7) is 0. The molecule has 0 unspecified atom stereocenters. The summed E-state index contributed by atoms with van der Waals surface area (Å²) in [7, 11) is 0. The summed E-state index contributed by atoms with van der Waals surface area (Å²) in [6, 6.07) is 13.4. The first-order chi connectivity index (χ1) is 11.5. The van der Waals surface area contributed by atoms with Gasteiger partial charge in [0.15, 0.2) is 5.75 Å². The second kappa shape index (κ2) is 5.98. The smallest absolute Gasteiger partial charge is 0.315 e. The monoisotopic (exact) mass is 339 g/mol. The Morgan fingerprint density at radius 1 is 1.17 bits per heavy atom. The van der Waals surface area contributed by atoms with Crippen molar-refractivity contribution in [3.8, 4) is 39.4 Å². The van der Waals surface area contributed by atoms with Gasteiger partial charge in [0.1, 0.15) is 16.0 Å². The largest absolute Gasteiger partial charge is 0.504 e. The van der Waals surface area contributed by atoms with Crippen LogP contribution in [-0.4, -0.2) is 20.1 Å². The maximum atomic E-state index is 11.0. The fraction of sp³-hybridized carbons (Fsp3) is 0. The first-order valence-electron chi connectivity index (χ1n) is 6.68. The van der Waals surface area contributed by atoms with Crippen LogP contribution in [0.25, 0.3) is 21.8 Å². The Bertz CT molecular complexity index is 977. The number of hydrogen-bond acceptors (Lipinski definition) is 7. The lowest BCUT2D eigenvalue weighted by molar-refractivity contribution is -0.385. The van der Waals surface area contributed by atoms with Gasteiger partial charge in [-0.05, 0) is 6.07 Å². The molecule has 0 aliphatic heterocycles. The van der Waals surface area contributed by atoms with E-state index in [0.717, 1.165) is 23.0 Å². The molecule has 0 saturated heterocycles. The van der Waals surface area contributed by atoms with Gasteiger partial charge in [-0.15, -0.1) is 11.3 Å². The predicted molar refractivity (Wildman–Crippen MR) is 87.7 cm³/mol. The Morgan fingerprint density at radius 2 is 1.88 bits per heavy atom. The number of hydrogen-bond donors (Lipinski definition) is 2. The van der Waals surface area contributed by atoms with E-state index in [9.17, 15) is 25.6 Å². The molecule has 0 atom stereocenters. The predicted octanol–water partition coefficient (Wildman–Crippen LogP) is 3.67. The zero-order valence-corrected chi connectivity index (χ0v) is 12.8. The van der Waals surface area contributed by atoms with Crippen molar-refractivity contribution >= 4 is 17.0 Å². The molecular formula is C16H9N3O4S. The van der Waals surface area contributed by atoms with Crippen molar-refractivity contribution in [3.63, 3.8) is 0 Å². The first kappa shape index (κ1) is 15.5. The maximum Gasteiger partial charge on any atom is 0.315 e. The average Bonchev–Trinajstić information content (AvgIpc) is 3.02. The van der Waals surface area contributed by atoms with Gasteiger partial charge in [-0.25, -0.2) is 4.98 Å². The Labute approximate surface area is 139 Å². The van der Waals surface area contributed by atoms with Crippen LogP contribution in [-0.2, 0) is 0 Å². The van der Waals surface area contributed by atoms with Gasteiger partial charge >= 0.3 is 5.69 Å². The second-order valence-electron chi connectivity index (χ2n) is 4.79. The number of phenols is 2. The highest BCUT2D eigenvalue weighted by Gasteiger charge is 2.22. The summed E-state index contributed by atoms with van der Waals surface area (Å²) in [5.74, 6) is -1.42. The van der Waals surface area contributed by atoms with Gasteiger partial charge in [-0.2, -0.15) is 5.26 Å². The van der Waals surface area contributed by atoms with Gasteiger partial charge in [0.2, 0.25) is 5.75 Å². The van der Waals surface area contributed by atoms with E-state index >= 15 is 0 Å². The molecule has 0 aliphatic rings. The molecule has 0 saturated carbocycles. The number of nitro groups is 1. The van der Waals surface area contributed by atoms with Gasteiger partial charge < -0.3 is 10.2 Å². The number of aromatic nitrogens is 1. The quantitative estimate of drug-likeness (QED) is 0.427. The van der Waals surface area contributed by atoms with E-state index in [1.165, 1.54) is 6.07 Å². The van der Waals surface area contributed by atoms with E-state index in [-0.39, 0.29) is 5.56 Å². The van der Waals surface area contributed by atoms with Crippen LogP contribution in [0.4, 0.5) is 5.69 Å². The lowest BCUT2D eigenvalue weighted by atomic mass is 10.1. The van der Waals surface area contributed by atoms with Crippen molar-refractivity contribution in [3.05, 3.63) is 57.5 Å². The van der Waals surface area contributed by atoms with Gasteiger partial charge in [0, 0.05) is 17.2 Å². The standard InChI is InChI=1S/C16H9N3O4S/c17-8-13-14(9-4-2-1-3-5-9)18-16(24-13)10-6-11(19(22)23)15(21)12(20)7-10/h1-7,20-21H. The maximum absolute atomic E-state index is 11.0. The zero-order valence-electron chi connectivity index (χ0n) is 12.0. The van der Waals surface area contributed by atoms with Crippen molar-refractivity contribution in [1.29, 1.82) is 5.26 Å². The number of nitro benzene ring substituents is 1. The summed E-state index contributed by atoms with van der Waals surface area (Å²) < 4.78 is 0. The first-order valence-corrected chi connectivity index (χ1v) is 7.50. The van der Waals surface area contributed by atoms with E-state index in [0.29, 0.717) is 15.6 Å². The minimum Gasteiger partial charge on any atom is -0.504 e. The van der Waals surface area contributed by atoms with Crippen LogP contribution < -0.4 is 0 Å². The van der Waals surface area contributed by atoms with Gasteiger partial charge in [-0.1, -0.05) is 30.3 Å². The molecule has 1 aromatic heterocycles. The molecule has 7 nitrogen and oxygen atoms in total. The number of aromatic hydroxyl groups is 2. The molecule has 1 heterocycles. The summed E-state index contributed by atoms with van der Waals surface area (Å²) in [5.41, 5.74) is 0.836. The molecule has 0 bridgehead atoms. The van der Waals surface area contributed by atoms with E-state index in [2.05, 4.69) is 11.1 Å². The number of phenolic OH excluding ortho intramolecular Hbond substituents is 2. The Kier molecular flexibility index (Phi) is 3.85. The number of nitriles is 1. The summed E-state index contributed by atoms with van der Waals surface area (Å²) in [6.07, 6.45) is 0. The molecule has 2 N–H and O–H groups in total. The minimum absolute atomic E-state index is 0.251. The lowest BCUT2D eigenvalue weighted by Gasteiger charge is -2.02. The molecule has 2 aromatic carbocycles. The number of rotatable bonds is 3. The lowest BCUT2D eigenvalue weighted by Crippen LogP contribution is -1.90. The molecule has 8 heteroatoms. The molecule has 0 radical (unpaired) electrons. The van der Waals surface area contributed by atoms with Crippen molar-refractivity contribution < 1.29 is 15.1 Å². The SMILES string of the molecule is N#Cc1sc(-c2cc(O)c(O)c([N+](=O)[O-])c2)nc1-c1ccccc1. The molecule has 0 fully saturated rings. The van der Waals surface area contributed by atoms with Gasteiger partial charge in [-0.3, -0.25) is 10.1 Å². The highest BCUT2D eigenvalue weighted by molar-refractivity contribution is 7.16. The normalized spacial score (nSPS) is 10.3. The molecule has 0 spiro atoms. The third-order valence-corrected chi connectivity index (χ3v) is 4.30. The van der Waals surface area contributed by atoms with Gasteiger partial charge in [0.05, 0.1) is 10.6 Å². The molecule has 3 rings (SSSR count). The Morgan fingerprint density at radius 3 is 2.50 bits per heavy atom. The molecule has 0 aliphatic carbocycles. The van der Waals surface area contributed by atoms with Crippen LogP contribution in [0.2, 0.25) is 0 Å². The van der Waals surface area contributed by atoms with Crippen LogP contribution in [0.1, 0.15) is 4.88 Å². The van der Waals surface area contributed by atoms with E-state index in [4.69, 9.17) is 0 Å². The average molecular weight is 339 g/mol. The molecule has 118 valence electrons. The Balaban J connectivity index is 2.17. The van der Waals surface area contributed by atoms with Crippen LogP contribution in [0, 0.1) is 21.4 Å². The van der Waals surface area contributed by atoms with E-state index in [1.807, 2.05) is 18.2 Å². The molecule has 24 heavy (non-hydrogen) atoms. The molecular weight excluding hydrogens is 330 g/mol. The minimum atomic E-state index is -0.802. The van der Waals surface area contributed by atoms with E-state index < -0.39 is 22.1 Å². The van der Waals surface area contributed by atoms with E-state index in [1.54, 1.807) is 12.1 Å². The fourth-order valence-electron chi connectivity index (χ4n) is 2.18. The number of nitrogens with zero attached hydrogens (tertiary/aromatic N) is 3. The van der Waals surface area contributed by atoms with Crippen LogP contribution in [0.3, 0.4) is 0 Å². The van der Waals surface area contributed by atoms with Crippen molar-refractivity contribution in [2.75, 3.05) is 0 Å². The molecule has 0 amide bonds. The summed E-state index contributed by atoms with van der Waals surface area (Å²) >= 11 is 1.05. The highest BCUT2D eigenvalue weighted by atomic mass is 32.1. The number of benzene rings is 2. The van der Waals surface area contributed by atoms with Crippen molar-refractivity contribution in [2.24, 2.45) is 0 Å². The second-order valence-corrected chi connectivity index (χ2v) is 5.79. The van der Waals surface area contributed by atoms with Crippen LogP contribution >= 0.6 is 11.3 Å². The number of thiazole rings is 1. The fourth-order valence-corrected chi connectivity index (χ4v) is 3.05. The highest BCUT2D eigenvalue weighted by Crippen LogP contribution is 2.41.